The van der Waals surface area contributed by atoms with Crippen molar-refractivity contribution in [2.45, 2.75) is 13.0 Å². The van der Waals surface area contributed by atoms with E-state index in [0.717, 1.165) is 5.56 Å². The Morgan fingerprint density at radius 2 is 1.67 bits per heavy atom. The van der Waals surface area contributed by atoms with Crippen molar-refractivity contribution in [3.8, 4) is 17.2 Å². The summed E-state index contributed by atoms with van der Waals surface area (Å²) in [7, 11) is 3.03. The summed E-state index contributed by atoms with van der Waals surface area (Å²) >= 11 is 0. The minimum Gasteiger partial charge on any atom is -0.503 e. The zero-order chi connectivity index (χ0) is 25.7. The van der Waals surface area contributed by atoms with E-state index in [1.54, 1.807) is 48.5 Å². The van der Waals surface area contributed by atoms with Crippen molar-refractivity contribution in [1.29, 1.82) is 0 Å². The highest BCUT2D eigenvalue weighted by Crippen LogP contribution is 2.45. The molecule has 1 N–H and O–H groups in total. The number of aliphatic hydroxyl groups is 1. The average molecular weight is 486 g/mol. The molecule has 3 aromatic rings. The number of methoxy groups -OCH3 is 2. The summed E-state index contributed by atoms with van der Waals surface area (Å²) in [6.45, 7) is 2.38. The number of ether oxygens (including phenoxy) is 3. The Balaban J connectivity index is 1.82. The van der Waals surface area contributed by atoms with Gasteiger partial charge in [0.2, 0.25) is 0 Å². The number of nitrogens with zero attached hydrogens (tertiary/aromatic N) is 1. The van der Waals surface area contributed by atoms with E-state index in [0.29, 0.717) is 35.1 Å². The van der Waals surface area contributed by atoms with Crippen LogP contribution >= 0.6 is 0 Å². The first-order chi connectivity index (χ1) is 17.5. The third-order valence-corrected chi connectivity index (χ3v) is 5.86. The molecule has 0 saturated heterocycles. The molecule has 7 heteroatoms. The van der Waals surface area contributed by atoms with Gasteiger partial charge in [-0.25, -0.2) is 0 Å². The molecule has 7 nitrogen and oxygen atoms in total. The second-order valence-electron chi connectivity index (χ2n) is 7.98. The molecule has 36 heavy (non-hydrogen) atoms. The van der Waals surface area contributed by atoms with Crippen LogP contribution in [0.15, 0.2) is 90.2 Å². The van der Waals surface area contributed by atoms with Crippen LogP contribution in [0.2, 0.25) is 0 Å². The number of allylic oxidation sites excluding steroid dienone is 1. The highest BCUT2D eigenvalue weighted by molar-refractivity contribution is 6.20. The molecule has 0 aliphatic carbocycles. The Bertz CT molecular complexity index is 1310. The van der Waals surface area contributed by atoms with Crippen LogP contribution in [0.4, 0.5) is 5.69 Å². The number of carbonyl (C=O) groups is 2. The van der Waals surface area contributed by atoms with Gasteiger partial charge in [-0.15, -0.1) is 0 Å². The van der Waals surface area contributed by atoms with E-state index in [9.17, 15) is 14.7 Å². The number of aliphatic hydroxyl groups excluding tert-OH is 1. The fourth-order valence-electron chi connectivity index (χ4n) is 4.16. The number of amides is 1. The van der Waals surface area contributed by atoms with Gasteiger partial charge in [-0.2, -0.15) is 0 Å². The van der Waals surface area contributed by atoms with Crippen LogP contribution in [0.1, 0.15) is 24.1 Å². The molecule has 4 rings (SSSR count). The number of carbonyl (C=O) groups excluding carboxylic acids is 2. The number of hydrogen-bond acceptors (Lipinski definition) is 6. The van der Waals surface area contributed by atoms with Crippen LogP contribution in [-0.2, 0) is 9.59 Å². The molecule has 1 amide bonds. The van der Waals surface area contributed by atoms with Gasteiger partial charge in [0.1, 0.15) is 17.2 Å². The molecule has 1 aliphatic heterocycles. The topological polar surface area (TPSA) is 85.3 Å². The first-order valence-electron chi connectivity index (χ1n) is 11.5. The maximum atomic E-state index is 13.4. The SMILES string of the molecule is CCOc1ccc(N2C(=O)C(O)=C(C(=O)/C=C/c3ccccc3)[C@H]2c2ccc(OC)cc2OC)cc1. The maximum absolute atomic E-state index is 13.4. The number of benzene rings is 3. The molecule has 0 spiro atoms. The van der Waals surface area contributed by atoms with Crippen LogP contribution in [0, 0.1) is 0 Å². The molecular formula is C29H27NO6. The van der Waals surface area contributed by atoms with Crippen molar-refractivity contribution in [2.75, 3.05) is 25.7 Å². The van der Waals surface area contributed by atoms with Gasteiger partial charge < -0.3 is 19.3 Å². The van der Waals surface area contributed by atoms with Crippen LogP contribution in [-0.4, -0.2) is 37.6 Å². The summed E-state index contributed by atoms with van der Waals surface area (Å²) in [5.41, 5.74) is 1.80. The second kappa shape index (κ2) is 10.8. The van der Waals surface area contributed by atoms with Gasteiger partial charge in [-0.05, 0) is 55.0 Å². The Hall–Kier alpha value is -4.52. The smallest absolute Gasteiger partial charge is 0.294 e. The summed E-state index contributed by atoms with van der Waals surface area (Å²) < 4.78 is 16.4. The van der Waals surface area contributed by atoms with Crippen molar-refractivity contribution in [3.05, 3.63) is 101 Å². The molecule has 1 aliphatic rings. The van der Waals surface area contributed by atoms with E-state index in [4.69, 9.17) is 14.2 Å². The molecule has 0 bridgehead atoms. The van der Waals surface area contributed by atoms with E-state index in [2.05, 4.69) is 0 Å². The normalized spacial score (nSPS) is 15.5. The molecule has 0 aromatic heterocycles. The Morgan fingerprint density at radius 1 is 0.972 bits per heavy atom. The number of rotatable bonds is 9. The molecule has 1 atom stereocenters. The molecule has 0 unspecified atom stereocenters. The lowest BCUT2D eigenvalue weighted by Gasteiger charge is -2.28. The Labute approximate surface area is 209 Å². The lowest BCUT2D eigenvalue weighted by molar-refractivity contribution is -0.117. The Kier molecular flexibility index (Phi) is 7.39. The summed E-state index contributed by atoms with van der Waals surface area (Å²) in [5.74, 6) is -0.160. The first kappa shape index (κ1) is 24.6. The third kappa shape index (κ3) is 4.81. The van der Waals surface area contributed by atoms with Crippen molar-refractivity contribution in [2.24, 2.45) is 0 Å². The van der Waals surface area contributed by atoms with Crippen LogP contribution in [0.5, 0.6) is 17.2 Å². The summed E-state index contributed by atoms with van der Waals surface area (Å²) in [6, 6.07) is 20.4. The van der Waals surface area contributed by atoms with Crippen molar-refractivity contribution in [3.63, 3.8) is 0 Å². The van der Waals surface area contributed by atoms with E-state index in [1.165, 1.54) is 25.2 Å². The van der Waals surface area contributed by atoms with E-state index in [-0.39, 0.29) is 5.57 Å². The van der Waals surface area contributed by atoms with E-state index < -0.39 is 23.5 Å². The lowest BCUT2D eigenvalue weighted by atomic mass is 9.94. The quantitative estimate of drug-likeness (QED) is 0.415. The first-order valence-corrected chi connectivity index (χ1v) is 11.5. The number of ketones is 1. The second-order valence-corrected chi connectivity index (χ2v) is 7.98. The van der Waals surface area contributed by atoms with Gasteiger partial charge in [0.05, 0.1) is 32.4 Å². The van der Waals surface area contributed by atoms with Gasteiger partial charge in [-0.3, -0.25) is 14.5 Å². The van der Waals surface area contributed by atoms with Gasteiger partial charge in [0.15, 0.2) is 11.5 Å². The molecule has 0 radical (unpaired) electrons. The maximum Gasteiger partial charge on any atom is 0.294 e. The molecular weight excluding hydrogens is 458 g/mol. The van der Waals surface area contributed by atoms with Crippen molar-refractivity contribution < 1.29 is 28.9 Å². The highest BCUT2D eigenvalue weighted by Gasteiger charge is 2.45. The van der Waals surface area contributed by atoms with Crippen molar-refractivity contribution in [1.82, 2.24) is 0 Å². The van der Waals surface area contributed by atoms with Crippen molar-refractivity contribution >= 4 is 23.5 Å². The molecule has 3 aromatic carbocycles. The van der Waals surface area contributed by atoms with Crippen LogP contribution in [0.25, 0.3) is 6.08 Å². The summed E-state index contributed by atoms with van der Waals surface area (Å²) in [6.07, 6.45) is 3.01. The van der Waals surface area contributed by atoms with Gasteiger partial charge in [0, 0.05) is 17.3 Å². The van der Waals surface area contributed by atoms with E-state index in [1.807, 2.05) is 37.3 Å². The summed E-state index contributed by atoms with van der Waals surface area (Å²) in [5, 5.41) is 10.9. The molecule has 0 saturated carbocycles. The number of hydrogen-bond donors (Lipinski definition) is 1. The largest absolute Gasteiger partial charge is 0.503 e. The van der Waals surface area contributed by atoms with Crippen LogP contribution in [0.3, 0.4) is 0 Å². The number of anilines is 1. The van der Waals surface area contributed by atoms with E-state index >= 15 is 0 Å². The average Bonchev–Trinajstić information content (AvgIpc) is 3.18. The zero-order valence-electron chi connectivity index (χ0n) is 20.3. The molecule has 0 fully saturated rings. The molecule has 184 valence electrons. The minimum absolute atomic E-state index is 0.0375. The third-order valence-electron chi connectivity index (χ3n) is 5.86. The monoisotopic (exact) mass is 485 g/mol. The fourth-order valence-corrected chi connectivity index (χ4v) is 4.16. The highest BCUT2D eigenvalue weighted by atomic mass is 16.5. The van der Waals surface area contributed by atoms with Gasteiger partial charge in [0.25, 0.3) is 5.91 Å². The zero-order valence-corrected chi connectivity index (χ0v) is 20.3. The summed E-state index contributed by atoms with van der Waals surface area (Å²) in [4.78, 5) is 28.2. The molecule has 1 heterocycles. The predicted octanol–water partition coefficient (Wildman–Crippen LogP) is 5.29. The van der Waals surface area contributed by atoms with Gasteiger partial charge >= 0.3 is 0 Å². The lowest BCUT2D eigenvalue weighted by Crippen LogP contribution is -2.31. The Morgan fingerprint density at radius 3 is 2.31 bits per heavy atom. The standard InChI is InChI=1S/C29H27NO6/c1-4-36-21-13-11-20(12-14-21)30-27(23-16-15-22(34-2)18-25(23)35-3)26(28(32)29(30)33)24(31)17-10-19-8-6-5-7-9-19/h5-18,27,32H,4H2,1-3H3/b17-10+/t27-/m1/s1. The predicted molar refractivity (Wildman–Crippen MR) is 138 cm³/mol. The van der Waals surface area contributed by atoms with Crippen LogP contribution < -0.4 is 19.1 Å². The minimum atomic E-state index is -0.927. The van der Waals surface area contributed by atoms with Gasteiger partial charge in [-0.1, -0.05) is 36.4 Å². The fraction of sp³-hybridized carbons (Fsp3) is 0.172.